The Bertz CT molecular complexity index is 1190. The number of amides is 2. The Hall–Kier alpha value is -4.39. The first-order valence-electron chi connectivity index (χ1n) is 9.76. The third-order valence-corrected chi connectivity index (χ3v) is 4.60. The van der Waals surface area contributed by atoms with Gasteiger partial charge in [-0.1, -0.05) is 42.5 Å². The number of rotatable bonds is 6. The van der Waals surface area contributed by atoms with Gasteiger partial charge in [0.1, 0.15) is 0 Å². The minimum atomic E-state index is -0.442. The number of hydrogen-bond acceptors (Lipinski definition) is 3. The number of nitrogens with one attached hydrogen (secondary N) is 2. The fourth-order valence-electron chi connectivity index (χ4n) is 3.11. The third-order valence-electron chi connectivity index (χ3n) is 4.60. The Morgan fingerprint density at radius 1 is 0.903 bits per heavy atom. The lowest BCUT2D eigenvalue weighted by atomic mass is 10.1. The molecule has 2 amide bonds. The fourth-order valence-corrected chi connectivity index (χ4v) is 3.11. The van der Waals surface area contributed by atoms with Crippen molar-refractivity contribution in [1.29, 1.82) is 0 Å². The molecule has 0 saturated carbocycles. The zero-order valence-electron chi connectivity index (χ0n) is 16.7. The number of benzene rings is 2. The van der Waals surface area contributed by atoms with Gasteiger partial charge in [0.2, 0.25) is 0 Å². The number of para-hydroxylation sites is 1. The van der Waals surface area contributed by atoms with Crippen LogP contribution in [0.1, 0.15) is 21.5 Å². The van der Waals surface area contributed by atoms with Gasteiger partial charge in [0.15, 0.2) is 0 Å². The smallest absolute Gasteiger partial charge is 0.271 e. The van der Waals surface area contributed by atoms with Crippen LogP contribution in [0.15, 0.2) is 97.6 Å². The van der Waals surface area contributed by atoms with E-state index in [1.807, 2.05) is 77.8 Å². The molecule has 7 heteroatoms. The van der Waals surface area contributed by atoms with Crippen LogP contribution >= 0.6 is 0 Å². The maximum Gasteiger partial charge on any atom is 0.271 e. The largest absolute Gasteiger partial charge is 0.323 e. The molecule has 2 N–H and O–H groups in total. The molecule has 0 saturated heterocycles. The van der Waals surface area contributed by atoms with Gasteiger partial charge in [-0.2, -0.15) is 5.10 Å². The number of aromatic nitrogens is 3. The zero-order chi connectivity index (χ0) is 21.5. The van der Waals surface area contributed by atoms with Gasteiger partial charge in [-0.15, -0.1) is 0 Å². The van der Waals surface area contributed by atoms with Crippen molar-refractivity contribution < 1.29 is 9.59 Å². The lowest BCUT2D eigenvalue weighted by molar-refractivity contribution is -0.117. The molecule has 0 unspecified atom stereocenters. The van der Waals surface area contributed by atoms with Crippen molar-refractivity contribution in [3.05, 3.63) is 114 Å². The molecule has 7 nitrogen and oxygen atoms in total. The van der Waals surface area contributed by atoms with Crippen molar-refractivity contribution in [2.75, 3.05) is 0 Å². The van der Waals surface area contributed by atoms with Crippen LogP contribution in [0.4, 0.5) is 0 Å². The van der Waals surface area contributed by atoms with Crippen molar-refractivity contribution >= 4 is 17.9 Å². The summed E-state index contributed by atoms with van der Waals surface area (Å²) in [6.07, 6.45) is 10.2. The van der Waals surface area contributed by atoms with Gasteiger partial charge in [0, 0.05) is 30.2 Å². The van der Waals surface area contributed by atoms with Crippen molar-refractivity contribution in [2.45, 2.75) is 6.54 Å². The fraction of sp³-hybridized carbons (Fsp3) is 0.0417. The van der Waals surface area contributed by atoms with Crippen molar-refractivity contribution in [3.63, 3.8) is 0 Å². The summed E-state index contributed by atoms with van der Waals surface area (Å²) in [5, 5.41) is 4.30. The van der Waals surface area contributed by atoms with Crippen LogP contribution in [0, 0.1) is 0 Å². The third kappa shape index (κ3) is 5.16. The van der Waals surface area contributed by atoms with Crippen LogP contribution in [0.25, 0.3) is 11.8 Å². The molecule has 2 aromatic heterocycles. The van der Waals surface area contributed by atoms with Crippen LogP contribution in [-0.2, 0) is 11.3 Å². The van der Waals surface area contributed by atoms with Crippen LogP contribution in [0.3, 0.4) is 0 Å². The van der Waals surface area contributed by atoms with Crippen LogP contribution < -0.4 is 10.9 Å². The summed E-state index contributed by atoms with van der Waals surface area (Å²) in [7, 11) is 0. The summed E-state index contributed by atoms with van der Waals surface area (Å²) in [6.45, 7) is 0.651. The summed E-state index contributed by atoms with van der Waals surface area (Å²) in [6, 6.07) is 20.9. The molecular formula is C24H21N5O2. The second-order valence-electron chi connectivity index (χ2n) is 6.84. The van der Waals surface area contributed by atoms with Gasteiger partial charge in [-0.25, -0.2) is 0 Å². The number of hydrazine groups is 1. The molecule has 0 spiro atoms. The van der Waals surface area contributed by atoms with E-state index in [9.17, 15) is 9.59 Å². The monoisotopic (exact) mass is 411 g/mol. The molecular weight excluding hydrogens is 390 g/mol. The number of hydrogen-bond donors (Lipinski definition) is 2. The van der Waals surface area contributed by atoms with E-state index in [0.29, 0.717) is 12.1 Å². The maximum atomic E-state index is 12.5. The van der Waals surface area contributed by atoms with E-state index < -0.39 is 11.8 Å². The highest BCUT2D eigenvalue weighted by Crippen LogP contribution is 2.14. The first kappa shape index (κ1) is 19.9. The van der Waals surface area contributed by atoms with E-state index >= 15 is 0 Å². The SMILES string of the molecule is O=C(/C=C/c1cnn(Cc2ccccc2)c1)NNC(=O)c1ccccc1-n1cccc1. The van der Waals surface area contributed by atoms with Gasteiger partial charge < -0.3 is 4.57 Å². The highest BCUT2D eigenvalue weighted by molar-refractivity contribution is 6.00. The van der Waals surface area contributed by atoms with E-state index in [1.165, 1.54) is 6.08 Å². The molecule has 0 radical (unpaired) electrons. The summed E-state index contributed by atoms with van der Waals surface area (Å²) in [5.41, 5.74) is 7.96. The maximum absolute atomic E-state index is 12.5. The summed E-state index contributed by atoms with van der Waals surface area (Å²) < 4.78 is 3.64. The molecule has 0 atom stereocenters. The molecule has 4 rings (SSSR count). The van der Waals surface area contributed by atoms with E-state index in [4.69, 9.17) is 0 Å². The standard InChI is InChI=1S/C24H21N5O2/c30-23(13-12-20-16-25-29(18-20)17-19-8-2-1-3-9-19)26-27-24(31)21-10-4-5-11-22(21)28-14-6-7-15-28/h1-16,18H,17H2,(H,26,30)(H,27,31)/b13-12+. The number of carbonyl (C=O) groups excluding carboxylic acids is 2. The highest BCUT2D eigenvalue weighted by atomic mass is 16.2. The molecule has 2 heterocycles. The van der Waals surface area contributed by atoms with Crippen LogP contribution in [-0.4, -0.2) is 26.2 Å². The lowest BCUT2D eigenvalue weighted by Crippen LogP contribution is -2.41. The molecule has 0 aliphatic rings. The average Bonchev–Trinajstić information content (AvgIpc) is 3.49. The number of carbonyl (C=O) groups is 2. The topological polar surface area (TPSA) is 81.0 Å². The van der Waals surface area contributed by atoms with Crippen molar-refractivity contribution in [2.24, 2.45) is 0 Å². The Balaban J connectivity index is 1.33. The summed E-state index contributed by atoms with van der Waals surface area (Å²) in [4.78, 5) is 24.7. The van der Waals surface area contributed by atoms with E-state index in [1.54, 1.807) is 29.1 Å². The zero-order valence-corrected chi connectivity index (χ0v) is 16.7. The average molecular weight is 411 g/mol. The molecule has 0 bridgehead atoms. The van der Waals surface area contributed by atoms with Crippen molar-refractivity contribution in [3.8, 4) is 5.69 Å². The molecule has 154 valence electrons. The first-order valence-corrected chi connectivity index (χ1v) is 9.76. The quantitative estimate of drug-likeness (QED) is 0.378. The minimum absolute atomic E-state index is 0.401. The molecule has 2 aromatic carbocycles. The van der Waals surface area contributed by atoms with Crippen molar-refractivity contribution in [1.82, 2.24) is 25.2 Å². The van der Waals surface area contributed by atoms with Gasteiger partial charge in [0.05, 0.1) is 24.0 Å². The van der Waals surface area contributed by atoms with Crippen LogP contribution in [0.2, 0.25) is 0 Å². The summed E-state index contributed by atoms with van der Waals surface area (Å²) >= 11 is 0. The molecule has 0 fully saturated rings. The Morgan fingerprint density at radius 3 is 2.45 bits per heavy atom. The predicted octanol–water partition coefficient (Wildman–Crippen LogP) is 3.20. The first-order chi connectivity index (χ1) is 15.2. The molecule has 0 aliphatic carbocycles. The molecule has 4 aromatic rings. The summed E-state index contributed by atoms with van der Waals surface area (Å²) in [5.74, 6) is -0.843. The van der Waals surface area contributed by atoms with Gasteiger partial charge in [-0.05, 0) is 35.9 Å². The van der Waals surface area contributed by atoms with Gasteiger partial charge >= 0.3 is 0 Å². The number of nitrogens with zero attached hydrogens (tertiary/aromatic N) is 3. The van der Waals surface area contributed by atoms with Gasteiger partial charge in [0.25, 0.3) is 11.8 Å². The lowest BCUT2D eigenvalue weighted by Gasteiger charge is -2.11. The minimum Gasteiger partial charge on any atom is -0.323 e. The highest BCUT2D eigenvalue weighted by Gasteiger charge is 2.12. The predicted molar refractivity (Wildman–Crippen MR) is 118 cm³/mol. The Kier molecular flexibility index (Phi) is 6.04. The van der Waals surface area contributed by atoms with Gasteiger partial charge in [-0.3, -0.25) is 25.1 Å². The van der Waals surface area contributed by atoms with E-state index in [0.717, 1.165) is 16.8 Å². The second kappa shape index (κ2) is 9.41. The molecule has 31 heavy (non-hydrogen) atoms. The normalized spacial score (nSPS) is 10.8. The molecule has 0 aliphatic heterocycles. The van der Waals surface area contributed by atoms with Crippen LogP contribution in [0.5, 0.6) is 0 Å². The second-order valence-corrected chi connectivity index (χ2v) is 6.84. The Labute approximate surface area is 179 Å². The van der Waals surface area contributed by atoms with E-state index in [2.05, 4.69) is 16.0 Å². The van der Waals surface area contributed by atoms with E-state index in [-0.39, 0.29) is 0 Å². The Morgan fingerprint density at radius 2 is 1.65 bits per heavy atom.